The Balaban J connectivity index is 1.83. The minimum absolute atomic E-state index is 0.0467. The number of para-hydroxylation sites is 1. The van der Waals surface area contributed by atoms with Crippen molar-refractivity contribution in [3.8, 4) is 5.75 Å². The largest absolute Gasteiger partial charge is 0.492 e. The number of esters is 1. The number of alkyl halides is 1. The lowest BCUT2D eigenvalue weighted by molar-refractivity contribution is -0.149. The maximum atomic E-state index is 12.4. The van der Waals surface area contributed by atoms with Crippen molar-refractivity contribution in [2.75, 3.05) is 13.7 Å². The van der Waals surface area contributed by atoms with Crippen molar-refractivity contribution in [2.24, 2.45) is 11.7 Å². The quantitative estimate of drug-likeness (QED) is 0.635. The number of ketones is 1. The number of benzene rings is 1. The zero-order valence-corrected chi connectivity index (χ0v) is 13.9. The molecule has 0 saturated heterocycles. The third kappa shape index (κ3) is 4.45. The van der Waals surface area contributed by atoms with Crippen LogP contribution in [0.2, 0.25) is 0 Å². The highest BCUT2D eigenvalue weighted by Gasteiger charge is 2.41. The van der Waals surface area contributed by atoms with Crippen LogP contribution in [0, 0.1) is 5.92 Å². The van der Waals surface area contributed by atoms with Gasteiger partial charge in [0.15, 0.2) is 5.78 Å². The molecule has 1 fully saturated rings. The summed E-state index contributed by atoms with van der Waals surface area (Å²) in [5, 5.41) is -0.705. The molecular weight excluding hydrogens is 318 g/mol. The summed E-state index contributed by atoms with van der Waals surface area (Å²) in [6.07, 6.45) is 1.94. The maximum Gasteiger partial charge on any atom is 0.325 e. The molecule has 23 heavy (non-hydrogen) atoms. The number of Topliss-reactive ketones (excluding diaryl/α,β-unsaturated/α-hetero) is 1. The van der Waals surface area contributed by atoms with Gasteiger partial charge in [0.2, 0.25) is 0 Å². The molecule has 1 saturated carbocycles. The first-order chi connectivity index (χ1) is 11.0. The maximum absolute atomic E-state index is 12.4. The van der Waals surface area contributed by atoms with Crippen LogP contribution >= 0.6 is 11.6 Å². The first-order valence-corrected chi connectivity index (χ1v) is 8.13. The van der Waals surface area contributed by atoms with Crippen molar-refractivity contribution in [1.82, 2.24) is 0 Å². The van der Waals surface area contributed by atoms with Crippen LogP contribution in [-0.2, 0) is 14.3 Å². The van der Waals surface area contributed by atoms with Gasteiger partial charge in [-0.1, -0.05) is 18.2 Å². The number of hydrogen-bond donors (Lipinski definition) is 1. The zero-order valence-electron chi connectivity index (χ0n) is 13.2. The minimum Gasteiger partial charge on any atom is -0.492 e. The second-order valence-electron chi connectivity index (χ2n) is 5.92. The fourth-order valence-corrected chi connectivity index (χ4v) is 3.09. The summed E-state index contributed by atoms with van der Waals surface area (Å²) >= 11 is 6.18. The van der Waals surface area contributed by atoms with Crippen molar-refractivity contribution >= 4 is 23.4 Å². The zero-order chi connectivity index (χ0) is 16.9. The highest BCUT2D eigenvalue weighted by Crippen LogP contribution is 2.33. The highest BCUT2D eigenvalue weighted by atomic mass is 35.5. The van der Waals surface area contributed by atoms with Gasteiger partial charge in [0.25, 0.3) is 0 Å². The molecule has 0 radical (unpaired) electrons. The predicted molar refractivity (Wildman–Crippen MR) is 87.5 cm³/mol. The highest BCUT2D eigenvalue weighted by molar-refractivity contribution is 6.31. The van der Waals surface area contributed by atoms with E-state index >= 15 is 0 Å². The van der Waals surface area contributed by atoms with Crippen LogP contribution in [0.25, 0.3) is 0 Å². The van der Waals surface area contributed by atoms with Crippen LogP contribution in [0.5, 0.6) is 5.75 Å². The summed E-state index contributed by atoms with van der Waals surface area (Å²) in [6.45, 7) is 0.131. The third-order valence-corrected chi connectivity index (χ3v) is 4.66. The molecule has 0 amide bonds. The Kier molecular flexibility index (Phi) is 6.02. The first kappa shape index (κ1) is 17.8. The lowest BCUT2D eigenvalue weighted by Gasteiger charge is -2.34. The fraction of sp³-hybridized carbons (Fsp3) is 0.529. The summed E-state index contributed by atoms with van der Waals surface area (Å²) in [6, 6.07) is 9.23. The van der Waals surface area contributed by atoms with Crippen molar-refractivity contribution in [1.29, 1.82) is 0 Å². The Labute approximate surface area is 141 Å². The molecule has 0 aromatic heterocycles. The van der Waals surface area contributed by atoms with Crippen LogP contribution in [0.3, 0.4) is 0 Å². The molecule has 126 valence electrons. The normalized spacial score (nSPS) is 25.4. The monoisotopic (exact) mass is 339 g/mol. The van der Waals surface area contributed by atoms with Gasteiger partial charge in [0, 0.05) is 5.92 Å². The molecule has 2 rings (SSSR count). The molecule has 1 aromatic rings. The van der Waals surface area contributed by atoms with E-state index in [9.17, 15) is 9.59 Å². The Morgan fingerprint density at radius 1 is 1.30 bits per heavy atom. The van der Waals surface area contributed by atoms with Gasteiger partial charge in [-0.2, -0.15) is 0 Å². The van der Waals surface area contributed by atoms with E-state index in [0.29, 0.717) is 31.4 Å². The van der Waals surface area contributed by atoms with Crippen molar-refractivity contribution in [3.05, 3.63) is 30.3 Å². The summed E-state index contributed by atoms with van der Waals surface area (Å²) in [5.74, 6) is 0.0345. The van der Waals surface area contributed by atoms with E-state index < -0.39 is 16.9 Å². The first-order valence-electron chi connectivity index (χ1n) is 7.69. The lowest BCUT2D eigenvalue weighted by atomic mass is 9.75. The third-order valence-electron chi connectivity index (χ3n) is 4.32. The van der Waals surface area contributed by atoms with E-state index in [0.717, 1.165) is 0 Å². The Morgan fingerprint density at radius 3 is 2.48 bits per heavy atom. The number of nitrogens with two attached hydrogens (primary N) is 1. The molecule has 0 aliphatic heterocycles. The van der Waals surface area contributed by atoms with Crippen molar-refractivity contribution < 1.29 is 19.1 Å². The molecule has 5 nitrogen and oxygen atoms in total. The summed E-state index contributed by atoms with van der Waals surface area (Å²) in [5.41, 5.74) is 5.06. The molecule has 6 heteroatoms. The molecule has 0 bridgehead atoms. The molecule has 0 heterocycles. The van der Waals surface area contributed by atoms with E-state index in [1.54, 1.807) is 0 Å². The number of carbonyl (C=O) groups is 2. The Bertz CT molecular complexity index is 541. The smallest absolute Gasteiger partial charge is 0.325 e. The summed E-state index contributed by atoms with van der Waals surface area (Å²) in [4.78, 5) is 24.1. The van der Waals surface area contributed by atoms with Gasteiger partial charge in [-0.25, -0.2) is 0 Å². The molecular formula is C17H22ClNO4. The topological polar surface area (TPSA) is 78.6 Å². The van der Waals surface area contributed by atoms with Gasteiger partial charge in [-0.3, -0.25) is 9.59 Å². The van der Waals surface area contributed by atoms with Gasteiger partial charge in [-0.05, 0) is 37.8 Å². The Hall–Kier alpha value is -1.59. The summed E-state index contributed by atoms with van der Waals surface area (Å²) in [7, 11) is 1.32. The molecule has 2 N–H and O–H groups in total. The van der Waals surface area contributed by atoms with E-state index in [2.05, 4.69) is 0 Å². The van der Waals surface area contributed by atoms with Crippen LogP contribution < -0.4 is 10.5 Å². The average Bonchev–Trinajstić information content (AvgIpc) is 2.59. The standard InChI is InChI=1S/C17H22ClNO4/c1-22-16(21)17(19)9-7-12(8-10-17)15(20)14(18)11-23-13-5-3-2-4-6-13/h2-6,12,14H,7-11,19H2,1H3. The lowest BCUT2D eigenvalue weighted by Crippen LogP contribution is -2.52. The number of carbonyl (C=O) groups excluding carboxylic acids is 2. The molecule has 1 atom stereocenters. The van der Waals surface area contributed by atoms with Gasteiger partial charge in [-0.15, -0.1) is 11.6 Å². The van der Waals surface area contributed by atoms with Crippen LogP contribution in [0.4, 0.5) is 0 Å². The van der Waals surface area contributed by atoms with E-state index in [4.69, 9.17) is 26.8 Å². The fourth-order valence-electron chi connectivity index (χ4n) is 2.85. The number of rotatable bonds is 6. The van der Waals surface area contributed by atoms with Gasteiger partial charge in [0.1, 0.15) is 23.3 Å². The van der Waals surface area contributed by atoms with Gasteiger partial charge >= 0.3 is 5.97 Å². The summed E-state index contributed by atoms with van der Waals surface area (Å²) < 4.78 is 10.3. The van der Waals surface area contributed by atoms with Crippen LogP contribution in [0.1, 0.15) is 25.7 Å². The van der Waals surface area contributed by atoms with Gasteiger partial charge in [0.05, 0.1) is 7.11 Å². The van der Waals surface area contributed by atoms with Crippen LogP contribution in [-0.4, -0.2) is 36.4 Å². The predicted octanol–water partition coefficient (Wildman–Crippen LogP) is 2.30. The minimum atomic E-state index is -0.978. The van der Waals surface area contributed by atoms with Crippen molar-refractivity contribution in [2.45, 2.75) is 36.6 Å². The number of halogens is 1. The van der Waals surface area contributed by atoms with E-state index in [-0.39, 0.29) is 18.3 Å². The van der Waals surface area contributed by atoms with Crippen LogP contribution in [0.15, 0.2) is 30.3 Å². The molecule has 1 unspecified atom stereocenters. The molecule has 1 aromatic carbocycles. The SMILES string of the molecule is COC(=O)C1(N)CCC(C(=O)C(Cl)COc2ccccc2)CC1. The number of methoxy groups -OCH3 is 1. The average molecular weight is 340 g/mol. The number of ether oxygens (including phenoxy) is 2. The molecule has 1 aliphatic carbocycles. The van der Waals surface area contributed by atoms with Gasteiger partial charge < -0.3 is 15.2 Å². The van der Waals surface area contributed by atoms with E-state index in [1.165, 1.54) is 7.11 Å². The van der Waals surface area contributed by atoms with Crippen molar-refractivity contribution in [3.63, 3.8) is 0 Å². The van der Waals surface area contributed by atoms with E-state index in [1.807, 2.05) is 30.3 Å². The number of hydrogen-bond acceptors (Lipinski definition) is 5. The Morgan fingerprint density at radius 2 is 1.91 bits per heavy atom. The molecule has 0 spiro atoms. The second-order valence-corrected chi connectivity index (χ2v) is 6.44. The second kappa shape index (κ2) is 7.79. The molecule has 1 aliphatic rings.